The summed E-state index contributed by atoms with van der Waals surface area (Å²) in [6, 6.07) is 10.7. The molecule has 34 heteroatoms. The van der Waals surface area contributed by atoms with Gasteiger partial charge < -0.3 is 56.3 Å². The molecule has 0 bridgehead atoms. The third-order valence-corrected chi connectivity index (χ3v) is 25.2. The highest BCUT2D eigenvalue weighted by Crippen LogP contribution is 2.37. The molecule has 6 fully saturated rings. The predicted molar refractivity (Wildman–Crippen MR) is 425 cm³/mol. The van der Waals surface area contributed by atoms with Crippen LogP contribution in [0, 0.1) is 22.7 Å². The van der Waals surface area contributed by atoms with Crippen LogP contribution in [0.3, 0.4) is 0 Å². The van der Waals surface area contributed by atoms with Crippen LogP contribution in [0.15, 0.2) is 105 Å². The molecule has 11 atom stereocenters. The lowest BCUT2D eigenvalue weighted by Crippen LogP contribution is -2.60. The van der Waals surface area contributed by atoms with E-state index < -0.39 is 151 Å². The zero-order valence-corrected chi connectivity index (χ0v) is 68.8. The number of benzene rings is 2. The predicted octanol–water partition coefficient (Wildman–Crippen LogP) is 6.66. The molecule has 8 aliphatic rings. The molecular weight excluding hydrogens is 1550 g/mol. The first kappa shape index (κ1) is 86.0. The van der Waals surface area contributed by atoms with Crippen LogP contribution in [-0.4, -0.2) is 198 Å². The summed E-state index contributed by atoms with van der Waals surface area (Å²) >= 11 is 12.1. The Kier molecular flexibility index (Phi) is 27.9. The number of aliphatic hydroxyl groups is 1. The number of pyridine rings is 2. The van der Waals surface area contributed by atoms with Crippen molar-refractivity contribution < 1.29 is 74.6 Å². The number of hydrogen-bond acceptors (Lipinski definition) is 20. The number of Topliss-reactive ketones (excluding diaryl/α,β-unsaturated/α-hetero) is 1. The Balaban J connectivity index is 0.000000225. The molecule has 12 rings (SSSR count). The number of amidine groups is 2. The monoisotopic (exact) mass is 1650 g/mol. The van der Waals surface area contributed by atoms with Crippen molar-refractivity contribution in [3.8, 4) is 11.8 Å². The number of hydrogen-bond donors (Lipinski definition) is 9. The molecule has 0 radical (unpaired) electrons. The largest absolute Gasteiger partial charge is 0.472 e. The Morgan fingerprint density at radius 2 is 0.956 bits per heavy atom. The summed E-state index contributed by atoms with van der Waals surface area (Å²) in [5, 5.41) is 28.9. The van der Waals surface area contributed by atoms with Gasteiger partial charge in [0.2, 0.25) is 53.0 Å². The number of ether oxygens (including phenoxy) is 2. The molecule has 114 heavy (non-hydrogen) atoms. The van der Waals surface area contributed by atoms with Gasteiger partial charge in [-0.15, -0.1) is 0 Å². The number of halogens is 2. The lowest BCUT2D eigenvalue weighted by atomic mass is 9.82. The smallest absolute Gasteiger partial charge is 0.289 e. The molecule has 4 saturated carbocycles. The third kappa shape index (κ3) is 21.6. The van der Waals surface area contributed by atoms with Crippen LogP contribution in [-0.2, 0) is 63.2 Å². The summed E-state index contributed by atoms with van der Waals surface area (Å²) in [4.78, 5) is 147. The van der Waals surface area contributed by atoms with Crippen LogP contribution < -0.4 is 50.8 Å². The molecule has 4 aromatic rings. The maximum atomic E-state index is 14.9. The SMILES string of the molecule is CCC[C@H](NC(=O)[C@@H]1C[C@@H](Oc2ccc(Cl)cn2)CN1C(=O)[C@@H](NC(=O)[C@@H](N=C1NS(=O)(=O)c2ccccc21)C1CCCCC1)C(C)(C)C)C(=O)C(=O)NC1CC1.CCC[C@H](NC(=O)[C@@H]1C[C@@H](Oc2ccc(Cl)cn2)CN1C(=O)[C@@H](NC(=O)[C@@H](N=C1NS(=O)(=O)c2ccccc21)C1CCCCC1)C(C)(C)C)C(O)C(=O)NC1CC1. The topological polar surface area (TPSA) is 414 Å². The van der Waals surface area contributed by atoms with Crippen molar-refractivity contribution in [1.82, 2.24) is 61.1 Å². The van der Waals surface area contributed by atoms with Crippen LogP contribution in [0.5, 0.6) is 11.8 Å². The molecule has 2 saturated heterocycles. The minimum absolute atomic E-state index is 0.0133. The lowest BCUT2D eigenvalue weighted by molar-refractivity contribution is -0.145. The number of nitrogens with zero attached hydrogens (tertiary/aromatic N) is 6. The van der Waals surface area contributed by atoms with E-state index in [9.17, 15) is 65.1 Å². The van der Waals surface area contributed by atoms with Crippen molar-refractivity contribution in [2.75, 3.05) is 13.1 Å². The standard InChI is InChI=1S/C40H54ClN7O8S.C40H52ClN7O8S/c2*1-5-11-28(33(49)38(52)43-25-17-18-25)44-36(50)29-20-26(56-31-19-16-24(41)21-42-31)22-48(29)39(53)34(40(2,3)4)46-37(51)32(23-12-7-6-8-13-23)45-35-27-14-9-10-15-30(27)57(54,55)47-35/h9-10,14-16,19,21,23,25-26,28-29,32-34,49H,5-8,11-13,17-18,20,22H2,1-4H3,(H,43,52)(H,44,50)(H,45,47)(H,46,51);9-10,14-16,19,21,23,25-26,28-29,32,34H,5-8,11-13,17-18,20,22H2,1-4H3,(H,43,52)(H,44,50)(H,45,47)(H,46,51)/t26-,28+,29+,32+,33?,34-;26-,28+,29+,32+,34-/m11/s1. The normalized spacial score (nSPS) is 23.1. The van der Waals surface area contributed by atoms with E-state index in [0.29, 0.717) is 66.1 Å². The number of ketones is 1. The number of sulfonamides is 2. The number of likely N-dealkylation sites (tertiary alicyclic amines) is 2. The molecule has 4 aliphatic carbocycles. The fourth-order valence-electron chi connectivity index (χ4n) is 15.5. The first-order valence-corrected chi connectivity index (χ1v) is 43.5. The molecule has 30 nitrogen and oxygen atoms in total. The van der Waals surface area contributed by atoms with E-state index in [1.165, 1.54) is 34.3 Å². The van der Waals surface area contributed by atoms with E-state index in [-0.39, 0.29) is 89.5 Å². The van der Waals surface area contributed by atoms with Gasteiger partial charge in [0, 0.05) is 60.6 Å². The number of aliphatic hydroxyl groups excluding tert-OH is 1. The van der Waals surface area contributed by atoms with Gasteiger partial charge in [-0.05, 0) is 123 Å². The van der Waals surface area contributed by atoms with Gasteiger partial charge in [0.05, 0.1) is 45.0 Å². The Bertz CT molecular complexity index is 4500. The molecule has 1 unspecified atom stereocenters. The second-order valence-corrected chi connectivity index (χ2v) is 37.3. The summed E-state index contributed by atoms with van der Waals surface area (Å²) in [7, 11) is -7.74. The van der Waals surface area contributed by atoms with Crippen molar-refractivity contribution in [2.45, 2.75) is 272 Å². The van der Waals surface area contributed by atoms with Crippen LogP contribution in [0.1, 0.15) is 195 Å². The Morgan fingerprint density at radius 1 is 0.544 bits per heavy atom. The van der Waals surface area contributed by atoms with Crippen LogP contribution in [0.2, 0.25) is 10.0 Å². The number of carbonyl (C=O) groups is 9. The van der Waals surface area contributed by atoms with Crippen LogP contribution in [0.4, 0.5) is 0 Å². The highest BCUT2D eigenvalue weighted by Gasteiger charge is 2.51. The quantitative estimate of drug-likeness (QED) is 0.0268. The number of fused-ring (bicyclic) bond motifs is 2. The van der Waals surface area contributed by atoms with Crippen molar-refractivity contribution in [2.24, 2.45) is 32.7 Å². The van der Waals surface area contributed by atoms with Gasteiger partial charge in [-0.25, -0.2) is 26.8 Å². The number of carbonyl (C=O) groups excluding carboxylic acids is 9. The molecule has 9 N–H and O–H groups in total. The van der Waals surface area contributed by atoms with E-state index in [1.54, 1.807) is 81.4 Å². The summed E-state index contributed by atoms with van der Waals surface area (Å²) < 4.78 is 69.2. The fraction of sp³-hybridized carbons (Fsp3) is 0.588. The van der Waals surface area contributed by atoms with E-state index in [1.807, 2.05) is 34.6 Å². The highest BCUT2D eigenvalue weighted by molar-refractivity contribution is 7.91. The maximum Gasteiger partial charge on any atom is 0.289 e. The number of aromatic nitrogens is 2. The zero-order valence-electron chi connectivity index (χ0n) is 65.6. The molecule has 618 valence electrons. The van der Waals surface area contributed by atoms with Gasteiger partial charge >= 0.3 is 0 Å². The Labute approximate surface area is 675 Å². The molecule has 8 amide bonds. The van der Waals surface area contributed by atoms with Crippen LogP contribution >= 0.6 is 23.2 Å². The number of nitrogens with one attached hydrogen (secondary N) is 8. The van der Waals surface area contributed by atoms with Crippen molar-refractivity contribution >= 4 is 108 Å². The highest BCUT2D eigenvalue weighted by atomic mass is 35.5. The van der Waals surface area contributed by atoms with Gasteiger partial charge in [-0.2, -0.15) is 0 Å². The molecule has 6 heterocycles. The first-order valence-electron chi connectivity index (χ1n) is 39.7. The first-order chi connectivity index (χ1) is 54.1. The van der Waals surface area contributed by atoms with E-state index in [2.05, 4.69) is 51.3 Å². The molecule has 2 aromatic carbocycles. The third-order valence-electron chi connectivity index (χ3n) is 21.9. The Morgan fingerprint density at radius 3 is 1.35 bits per heavy atom. The van der Waals surface area contributed by atoms with Crippen molar-refractivity contribution in [3.05, 3.63) is 106 Å². The molecular formula is C80H106Cl2N14O16S2. The minimum atomic E-state index is -3.87. The second-order valence-electron chi connectivity index (χ2n) is 33.1. The molecule has 0 spiro atoms. The number of rotatable bonds is 28. The fourth-order valence-corrected chi connectivity index (χ4v) is 18.2. The van der Waals surface area contributed by atoms with Gasteiger partial charge in [0.15, 0.2) is 6.10 Å². The lowest BCUT2D eigenvalue weighted by Gasteiger charge is -2.37. The number of amides is 8. The second kappa shape index (κ2) is 37.0. The summed E-state index contributed by atoms with van der Waals surface area (Å²) in [6.07, 6.45) is 13.2. The molecule has 4 aliphatic heterocycles. The average Bonchev–Trinajstić information content (AvgIpc) is 1.63. The van der Waals surface area contributed by atoms with E-state index in [4.69, 9.17) is 42.7 Å². The summed E-state index contributed by atoms with van der Waals surface area (Å²) in [6.45, 7) is 14.4. The van der Waals surface area contributed by atoms with E-state index >= 15 is 0 Å². The zero-order chi connectivity index (χ0) is 82.1. The average molecular weight is 1650 g/mol. The Hall–Kier alpha value is -8.85. The summed E-state index contributed by atoms with van der Waals surface area (Å²) in [5.41, 5.74) is -1.000. The summed E-state index contributed by atoms with van der Waals surface area (Å²) in [5.74, 6) is -5.24. The van der Waals surface area contributed by atoms with Gasteiger partial charge in [-0.3, -0.25) is 62.6 Å². The van der Waals surface area contributed by atoms with Crippen LogP contribution in [0.25, 0.3) is 0 Å². The van der Waals surface area contributed by atoms with Gasteiger partial charge in [-0.1, -0.05) is 154 Å². The van der Waals surface area contributed by atoms with Gasteiger partial charge in [0.1, 0.15) is 60.1 Å². The molecule has 2 aromatic heterocycles. The maximum absolute atomic E-state index is 14.9. The van der Waals surface area contributed by atoms with Crippen molar-refractivity contribution in [3.63, 3.8) is 0 Å². The number of aliphatic imine (C=N–C) groups is 2. The van der Waals surface area contributed by atoms with Crippen molar-refractivity contribution in [1.29, 1.82) is 0 Å². The van der Waals surface area contributed by atoms with E-state index in [0.717, 1.165) is 64.2 Å². The minimum Gasteiger partial charge on any atom is -0.472 e. The van der Waals surface area contributed by atoms with Gasteiger partial charge in [0.25, 0.3) is 31.9 Å².